The molecule has 7 rings (SSSR count). The lowest BCUT2D eigenvalue weighted by Crippen LogP contribution is -2.43. The maximum atomic E-state index is 13.1. The topological polar surface area (TPSA) is 151 Å². The summed E-state index contributed by atoms with van der Waals surface area (Å²) in [5, 5.41) is 5.87. The first kappa shape index (κ1) is 31.4. The molecule has 2 aliphatic heterocycles. The molecule has 0 aliphatic carbocycles. The van der Waals surface area contributed by atoms with Crippen molar-refractivity contribution in [1.29, 1.82) is 0 Å². The molecule has 5 aromatic rings. The second-order valence-corrected chi connectivity index (χ2v) is 12.0. The molecule has 0 radical (unpaired) electrons. The summed E-state index contributed by atoms with van der Waals surface area (Å²) in [7, 11) is 0. The molecule has 2 saturated heterocycles. The minimum atomic E-state index is -0.555. The van der Waals surface area contributed by atoms with E-state index in [1.165, 1.54) is 12.4 Å². The van der Waals surface area contributed by atoms with E-state index in [4.69, 9.17) is 4.42 Å². The first-order valence-electron chi connectivity index (χ1n) is 16.1. The average Bonchev–Trinajstić information content (AvgIpc) is 3.94. The first-order valence-corrected chi connectivity index (χ1v) is 16.1. The van der Waals surface area contributed by atoms with E-state index in [2.05, 4.69) is 25.6 Å². The number of hydrogen-bond donors (Lipinski definition) is 2. The Balaban J connectivity index is 0.952. The van der Waals surface area contributed by atoms with Crippen LogP contribution in [0.3, 0.4) is 0 Å². The number of nitrogens with zero attached hydrogens (tertiary/aromatic N) is 5. The van der Waals surface area contributed by atoms with Gasteiger partial charge in [-0.2, -0.15) is 0 Å². The van der Waals surface area contributed by atoms with Gasteiger partial charge in [-0.1, -0.05) is 0 Å². The van der Waals surface area contributed by atoms with Crippen molar-refractivity contribution < 1.29 is 23.6 Å². The largest absolute Gasteiger partial charge is 0.436 e. The van der Waals surface area contributed by atoms with Crippen molar-refractivity contribution in [3.8, 4) is 22.8 Å². The number of oxazole rings is 1. The molecule has 2 aromatic carbocycles. The van der Waals surface area contributed by atoms with Crippen LogP contribution < -0.4 is 10.6 Å². The molecule has 4 amide bonds. The molecule has 5 heterocycles. The third kappa shape index (κ3) is 6.79. The van der Waals surface area contributed by atoms with Crippen LogP contribution in [0, 0.1) is 0 Å². The van der Waals surface area contributed by atoms with Gasteiger partial charge in [0.1, 0.15) is 12.1 Å². The van der Waals surface area contributed by atoms with Crippen LogP contribution in [-0.4, -0.2) is 73.6 Å². The van der Waals surface area contributed by atoms with Gasteiger partial charge >= 0.3 is 0 Å². The van der Waals surface area contributed by atoms with E-state index in [1.807, 2.05) is 24.3 Å². The van der Waals surface area contributed by atoms with Gasteiger partial charge in [0.15, 0.2) is 5.76 Å². The van der Waals surface area contributed by atoms with Crippen molar-refractivity contribution in [2.75, 3.05) is 23.7 Å². The van der Waals surface area contributed by atoms with E-state index in [1.54, 1.807) is 76.9 Å². The highest BCUT2D eigenvalue weighted by atomic mass is 16.4. The number of amides is 4. The summed E-state index contributed by atoms with van der Waals surface area (Å²) in [4.78, 5) is 67.9. The van der Waals surface area contributed by atoms with Crippen molar-refractivity contribution in [3.05, 3.63) is 115 Å². The standard InChI is InChI=1S/C37H33N7O5/c45-33(30-7-3-19-43(30)36(47)26-5-1-17-38-21-26)41-28-13-9-24(10-14-28)32-23-40-35(49-32)25-11-15-29(16-12-25)42-34(46)31-8-4-20-44(31)37(48)27-6-2-18-39-22-27/h1-2,5-6,9-18,21-23,30-31H,3-4,7-8,19-20H2,(H,41,45)(H,42,46)/t30-,31-/m0/s1. The molecule has 0 bridgehead atoms. The number of anilines is 2. The zero-order chi connectivity index (χ0) is 33.7. The Labute approximate surface area is 282 Å². The first-order chi connectivity index (χ1) is 23.9. The zero-order valence-electron chi connectivity index (χ0n) is 26.5. The molecule has 0 spiro atoms. The molecule has 12 heteroatoms. The summed E-state index contributed by atoms with van der Waals surface area (Å²) in [6.45, 7) is 1.04. The highest BCUT2D eigenvalue weighted by Crippen LogP contribution is 2.29. The summed E-state index contributed by atoms with van der Waals surface area (Å²) >= 11 is 0. The predicted molar refractivity (Wildman–Crippen MR) is 181 cm³/mol. The van der Waals surface area contributed by atoms with Crippen LogP contribution in [0.5, 0.6) is 0 Å². The van der Waals surface area contributed by atoms with Crippen molar-refractivity contribution in [2.24, 2.45) is 0 Å². The molecule has 246 valence electrons. The van der Waals surface area contributed by atoms with Gasteiger partial charge in [-0.05, 0) is 98.5 Å². The maximum absolute atomic E-state index is 13.1. The number of carbonyl (C=O) groups is 4. The number of carbonyl (C=O) groups excluding carboxylic acids is 4. The summed E-state index contributed by atoms with van der Waals surface area (Å²) in [5.74, 6) is 0.0864. The monoisotopic (exact) mass is 655 g/mol. The fourth-order valence-corrected chi connectivity index (χ4v) is 6.28. The second-order valence-electron chi connectivity index (χ2n) is 12.0. The number of hydrogen-bond acceptors (Lipinski definition) is 8. The number of benzene rings is 2. The van der Waals surface area contributed by atoms with Crippen LogP contribution in [0.2, 0.25) is 0 Å². The average molecular weight is 656 g/mol. The smallest absolute Gasteiger partial charge is 0.256 e. The molecule has 2 N–H and O–H groups in total. The summed E-state index contributed by atoms with van der Waals surface area (Å²) < 4.78 is 6.04. The highest BCUT2D eigenvalue weighted by molar-refractivity contribution is 6.02. The summed E-state index contributed by atoms with van der Waals surface area (Å²) in [6.07, 6.45) is 10.6. The van der Waals surface area contributed by atoms with Gasteiger partial charge in [0, 0.05) is 60.4 Å². The van der Waals surface area contributed by atoms with E-state index in [-0.39, 0.29) is 23.6 Å². The second kappa shape index (κ2) is 13.9. The molecule has 0 unspecified atom stereocenters. The Kier molecular flexibility index (Phi) is 8.92. The minimum absolute atomic E-state index is 0.202. The van der Waals surface area contributed by atoms with E-state index < -0.39 is 12.1 Å². The van der Waals surface area contributed by atoms with Crippen molar-refractivity contribution in [2.45, 2.75) is 37.8 Å². The molecule has 2 atom stereocenters. The molecule has 2 aliphatic rings. The molecule has 0 saturated carbocycles. The van der Waals surface area contributed by atoms with Gasteiger partial charge in [-0.15, -0.1) is 0 Å². The van der Waals surface area contributed by atoms with Gasteiger partial charge in [-0.25, -0.2) is 4.98 Å². The van der Waals surface area contributed by atoms with E-state index in [9.17, 15) is 19.2 Å². The molecular weight excluding hydrogens is 622 g/mol. The number of aromatic nitrogens is 3. The molecule has 2 fully saturated rings. The predicted octanol–water partition coefficient (Wildman–Crippen LogP) is 5.29. The normalized spacial score (nSPS) is 17.1. The van der Waals surface area contributed by atoms with Crippen LogP contribution >= 0.6 is 0 Å². The van der Waals surface area contributed by atoms with Gasteiger partial charge in [-0.3, -0.25) is 29.1 Å². The minimum Gasteiger partial charge on any atom is -0.436 e. The lowest BCUT2D eigenvalue weighted by molar-refractivity contribution is -0.120. The Morgan fingerprint density at radius 3 is 1.59 bits per heavy atom. The van der Waals surface area contributed by atoms with Crippen molar-refractivity contribution in [1.82, 2.24) is 24.8 Å². The quantitative estimate of drug-likeness (QED) is 0.229. The van der Waals surface area contributed by atoms with Crippen LogP contribution in [0.15, 0.2) is 108 Å². The number of rotatable bonds is 8. The maximum Gasteiger partial charge on any atom is 0.256 e. The molecule has 49 heavy (non-hydrogen) atoms. The Hall–Kier alpha value is -6.17. The van der Waals surface area contributed by atoms with Gasteiger partial charge < -0.3 is 24.9 Å². The van der Waals surface area contributed by atoms with Crippen molar-refractivity contribution >= 4 is 35.0 Å². The molecule has 12 nitrogen and oxygen atoms in total. The van der Waals surface area contributed by atoms with Crippen LogP contribution in [0.25, 0.3) is 22.8 Å². The highest BCUT2D eigenvalue weighted by Gasteiger charge is 2.36. The number of nitrogens with one attached hydrogen (secondary N) is 2. The van der Waals surface area contributed by atoms with E-state index in [0.717, 1.165) is 24.0 Å². The molecule has 3 aromatic heterocycles. The van der Waals surface area contributed by atoms with Gasteiger partial charge in [0.2, 0.25) is 17.7 Å². The lowest BCUT2D eigenvalue weighted by atomic mass is 10.1. The van der Waals surface area contributed by atoms with E-state index >= 15 is 0 Å². The third-order valence-electron chi connectivity index (χ3n) is 8.79. The number of pyridine rings is 2. The summed E-state index contributed by atoms with van der Waals surface area (Å²) in [5.41, 5.74) is 3.63. The van der Waals surface area contributed by atoms with Crippen LogP contribution in [0.4, 0.5) is 11.4 Å². The Morgan fingerprint density at radius 2 is 1.12 bits per heavy atom. The zero-order valence-corrected chi connectivity index (χ0v) is 26.5. The Morgan fingerprint density at radius 1 is 0.633 bits per heavy atom. The third-order valence-corrected chi connectivity index (χ3v) is 8.79. The fourth-order valence-electron chi connectivity index (χ4n) is 6.28. The number of likely N-dealkylation sites (tertiary alicyclic amines) is 2. The SMILES string of the molecule is O=C(Nc1ccc(-c2cnc(-c3ccc(NC(=O)[C@@H]4CCCN4C(=O)c4cccnc4)cc3)o2)cc1)[C@@H]1CCCN1C(=O)c1cccnc1. The van der Waals surface area contributed by atoms with Crippen LogP contribution in [0.1, 0.15) is 46.4 Å². The fraction of sp³-hybridized carbons (Fsp3) is 0.216. The Bertz CT molecular complexity index is 1820. The van der Waals surface area contributed by atoms with Crippen LogP contribution in [-0.2, 0) is 9.59 Å². The lowest BCUT2D eigenvalue weighted by Gasteiger charge is -2.24. The van der Waals surface area contributed by atoms with Gasteiger partial charge in [0.05, 0.1) is 17.3 Å². The van der Waals surface area contributed by atoms with Gasteiger partial charge in [0.25, 0.3) is 11.8 Å². The molecular formula is C37H33N7O5. The van der Waals surface area contributed by atoms with Crippen molar-refractivity contribution in [3.63, 3.8) is 0 Å². The van der Waals surface area contributed by atoms with E-state index in [0.29, 0.717) is 60.1 Å². The summed E-state index contributed by atoms with van der Waals surface area (Å²) in [6, 6.07) is 20.1.